The van der Waals surface area contributed by atoms with E-state index in [0.29, 0.717) is 26.4 Å². The Kier molecular flexibility index (Phi) is 13.5. The van der Waals surface area contributed by atoms with Gasteiger partial charge in [0.2, 0.25) is 0 Å². The highest BCUT2D eigenvalue weighted by atomic mass is 16.5. The van der Waals surface area contributed by atoms with E-state index in [2.05, 4.69) is 72.8 Å². The molecule has 0 bridgehead atoms. The van der Waals surface area contributed by atoms with Crippen molar-refractivity contribution in [3.05, 3.63) is 119 Å². The Labute approximate surface area is 310 Å². The summed E-state index contributed by atoms with van der Waals surface area (Å²) in [5.74, 6) is 3.22. The molecule has 7 nitrogen and oxygen atoms in total. The van der Waals surface area contributed by atoms with Crippen LogP contribution in [0.1, 0.15) is 86.5 Å². The van der Waals surface area contributed by atoms with Gasteiger partial charge in [-0.05, 0) is 96.5 Å². The van der Waals surface area contributed by atoms with Crippen LogP contribution in [0.5, 0.6) is 23.0 Å². The lowest BCUT2D eigenvalue weighted by Gasteiger charge is -2.39. The summed E-state index contributed by atoms with van der Waals surface area (Å²) in [6, 6.07) is 34.1. The molecule has 7 heteroatoms. The van der Waals surface area contributed by atoms with Crippen molar-refractivity contribution in [1.82, 2.24) is 0 Å². The number of aliphatic hydroxyl groups is 1. The van der Waals surface area contributed by atoms with Gasteiger partial charge in [0.15, 0.2) is 0 Å². The first-order valence-electron chi connectivity index (χ1n) is 19.1. The van der Waals surface area contributed by atoms with Gasteiger partial charge in [0.05, 0.1) is 13.2 Å². The first kappa shape index (κ1) is 37.7. The summed E-state index contributed by atoms with van der Waals surface area (Å²) in [5.41, 5.74) is 5.22. The minimum Gasteiger partial charge on any atom is -0.491 e. The van der Waals surface area contributed by atoms with Crippen molar-refractivity contribution in [2.24, 2.45) is 0 Å². The second-order valence-corrected chi connectivity index (χ2v) is 14.3. The maximum atomic E-state index is 10.8. The molecule has 0 unspecified atom stereocenters. The summed E-state index contributed by atoms with van der Waals surface area (Å²) >= 11 is 0. The Balaban J connectivity index is 1.02. The van der Waals surface area contributed by atoms with Gasteiger partial charge in [-0.2, -0.15) is 0 Å². The van der Waals surface area contributed by atoms with E-state index in [1.807, 2.05) is 24.3 Å². The zero-order chi connectivity index (χ0) is 36.1. The smallest absolute Gasteiger partial charge is 0.122 e. The highest BCUT2D eigenvalue weighted by Crippen LogP contribution is 2.47. The zero-order valence-electron chi connectivity index (χ0n) is 31.0. The van der Waals surface area contributed by atoms with Crippen molar-refractivity contribution < 1.29 is 33.5 Å². The molecule has 0 aromatic heterocycles. The van der Waals surface area contributed by atoms with Crippen molar-refractivity contribution in [1.29, 1.82) is 0 Å². The fourth-order valence-electron chi connectivity index (χ4n) is 8.20. The molecular weight excluding hydrogens is 652 g/mol. The van der Waals surface area contributed by atoms with E-state index in [9.17, 15) is 5.11 Å². The van der Waals surface area contributed by atoms with E-state index < -0.39 is 6.10 Å². The summed E-state index contributed by atoms with van der Waals surface area (Å²) in [6.07, 6.45) is 11.1. The molecule has 2 aliphatic carbocycles. The maximum absolute atomic E-state index is 10.8. The number of hydrogen-bond acceptors (Lipinski definition) is 7. The van der Waals surface area contributed by atoms with E-state index in [0.717, 1.165) is 48.7 Å². The Morgan fingerprint density at radius 1 is 0.423 bits per heavy atom. The first-order valence-corrected chi connectivity index (χ1v) is 19.1. The third-order valence-electron chi connectivity index (χ3n) is 11.0. The standard InChI is InChI=1S/C45H56O7/c1-47-29-31-49-40-17-9-35(10-18-40)44(25-5-3-6-26-44)37-13-21-42(22-14-37)51-33-39(46)34-52-43-23-15-38(16-24-43)45(27-7-4-8-28-45)36-11-19-41(20-12-36)50-32-30-48-2/h9-24,39,46H,3-8,25-34H2,1-2H3. The van der Waals surface area contributed by atoms with Crippen molar-refractivity contribution >= 4 is 0 Å². The molecule has 0 heterocycles. The lowest BCUT2D eigenvalue weighted by Crippen LogP contribution is -2.30. The summed E-state index contributed by atoms with van der Waals surface area (Å²) in [7, 11) is 3.37. The lowest BCUT2D eigenvalue weighted by atomic mass is 9.65. The van der Waals surface area contributed by atoms with E-state index in [1.54, 1.807) is 14.2 Å². The molecule has 0 saturated heterocycles. The fraction of sp³-hybridized carbons (Fsp3) is 0.467. The summed E-state index contributed by atoms with van der Waals surface area (Å²) in [5, 5.41) is 10.8. The Hall–Kier alpha value is -4.04. The Bertz CT molecular complexity index is 1480. The average Bonchev–Trinajstić information content (AvgIpc) is 3.21. The molecule has 2 saturated carbocycles. The highest BCUT2D eigenvalue weighted by Gasteiger charge is 2.37. The second-order valence-electron chi connectivity index (χ2n) is 14.3. The molecule has 0 atom stereocenters. The third-order valence-corrected chi connectivity index (χ3v) is 11.0. The number of aliphatic hydroxyl groups excluding tert-OH is 1. The lowest BCUT2D eigenvalue weighted by molar-refractivity contribution is 0.0626. The number of benzene rings is 4. The number of hydrogen-bond donors (Lipinski definition) is 1. The molecule has 1 N–H and O–H groups in total. The molecule has 4 aromatic carbocycles. The van der Waals surface area contributed by atoms with Crippen LogP contribution in [-0.4, -0.2) is 65.1 Å². The van der Waals surface area contributed by atoms with Gasteiger partial charge in [0, 0.05) is 25.0 Å². The van der Waals surface area contributed by atoms with Crippen LogP contribution in [0.25, 0.3) is 0 Å². The van der Waals surface area contributed by atoms with E-state index in [1.165, 1.54) is 60.8 Å². The predicted molar refractivity (Wildman–Crippen MR) is 205 cm³/mol. The summed E-state index contributed by atoms with van der Waals surface area (Å²) in [4.78, 5) is 0. The van der Waals surface area contributed by atoms with Crippen LogP contribution < -0.4 is 18.9 Å². The van der Waals surface area contributed by atoms with E-state index >= 15 is 0 Å². The molecule has 0 amide bonds. The van der Waals surface area contributed by atoms with Crippen molar-refractivity contribution in [2.75, 3.05) is 53.9 Å². The molecule has 278 valence electrons. The number of ether oxygens (including phenoxy) is 6. The van der Waals surface area contributed by atoms with Crippen LogP contribution in [-0.2, 0) is 20.3 Å². The minimum atomic E-state index is -0.761. The highest BCUT2D eigenvalue weighted by molar-refractivity contribution is 5.45. The second kappa shape index (κ2) is 18.6. The molecule has 2 fully saturated rings. The van der Waals surface area contributed by atoms with Gasteiger partial charge in [-0.3, -0.25) is 0 Å². The van der Waals surface area contributed by atoms with E-state index in [4.69, 9.17) is 28.4 Å². The van der Waals surface area contributed by atoms with Crippen LogP contribution in [0.15, 0.2) is 97.1 Å². The quantitative estimate of drug-likeness (QED) is 0.103. The van der Waals surface area contributed by atoms with Gasteiger partial charge < -0.3 is 33.5 Å². The first-order chi connectivity index (χ1) is 25.5. The van der Waals surface area contributed by atoms with Gasteiger partial charge in [-0.1, -0.05) is 87.1 Å². The van der Waals surface area contributed by atoms with Crippen LogP contribution in [0.4, 0.5) is 0 Å². The van der Waals surface area contributed by atoms with Crippen molar-refractivity contribution in [2.45, 2.75) is 81.1 Å². The largest absolute Gasteiger partial charge is 0.491 e. The van der Waals surface area contributed by atoms with Gasteiger partial charge in [-0.15, -0.1) is 0 Å². The van der Waals surface area contributed by atoms with Crippen LogP contribution in [0.2, 0.25) is 0 Å². The van der Waals surface area contributed by atoms with Crippen LogP contribution >= 0.6 is 0 Å². The zero-order valence-corrected chi connectivity index (χ0v) is 31.0. The average molecular weight is 709 g/mol. The Morgan fingerprint density at radius 2 is 0.712 bits per heavy atom. The molecule has 0 aliphatic heterocycles. The van der Waals surface area contributed by atoms with E-state index in [-0.39, 0.29) is 24.0 Å². The molecule has 0 radical (unpaired) electrons. The molecule has 0 spiro atoms. The predicted octanol–water partition coefficient (Wildman–Crippen LogP) is 9.06. The minimum absolute atomic E-state index is 0.0228. The summed E-state index contributed by atoms with van der Waals surface area (Å²) < 4.78 is 33.9. The van der Waals surface area contributed by atoms with Crippen LogP contribution in [0, 0.1) is 0 Å². The molecular formula is C45H56O7. The number of methoxy groups -OCH3 is 2. The molecule has 2 aliphatic rings. The van der Waals surface area contributed by atoms with Crippen LogP contribution in [0.3, 0.4) is 0 Å². The normalized spacial score (nSPS) is 16.7. The van der Waals surface area contributed by atoms with Gasteiger partial charge in [0.1, 0.15) is 55.5 Å². The summed E-state index contributed by atoms with van der Waals surface area (Å²) in [6.45, 7) is 2.54. The maximum Gasteiger partial charge on any atom is 0.122 e. The topological polar surface area (TPSA) is 75.6 Å². The fourth-order valence-corrected chi connectivity index (χ4v) is 8.20. The van der Waals surface area contributed by atoms with Gasteiger partial charge in [-0.25, -0.2) is 0 Å². The Morgan fingerprint density at radius 3 is 1.00 bits per heavy atom. The molecule has 6 rings (SSSR count). The third kappa shape index (κ3) is 9.30. The molecule has 52 heavy (non-hydrogen) atoms. The van der Waals surface area contributed by atoms with Crippen molar-refractivity contribution in [3.63, 3.8) is 0 Å². The van der Waals surface area contributed by atoms with Crippen molar-refractivity contribution in [3.8, 4) is 23.0 Å². The number of rotatable bonds is 18. The monoisotopic (exact) mass is 708 g/mol. The van der Waals surface area contributed by atoms with Gasteiger partial charge >= 0.3 is 0 Å². The molecule has 4 aromatic rings. The van der Waals surface area contributed by atoms with Gasteiger partial charge in [0.25, 0.3) is 0 Å². The SMILES string of the molecule is COCCOc1ccc(C2(c3ccc(OCC(O)COc4ccc(C5(c6ccc(OCCOC)cc6)CCCCC5)cc4)cc3)CCCCC2)cc1.